The fourth-order valence-electron chi connectivity index (χ4n) is 5.58. The Kier molecular flexibility index (Phi) is 6.45. The summed E-state index contributed by atoms with van der Waals surface area (Å²) in [6, 6.07) is 16.3. The van der Waals surface area contributed by atoms with Crippen LogP contribution in [0.5, 0.6) is 0 Å². The van der Waals surface area contributed by atoms with Crippen molar-refractivity contribution >= 4 is 17.5 Å². The van der Waals surface area contributed by atoms with E-state index < -0.39 is 5.54 Å². The van der Waals surface area contributed by atoms with Crippen LogP contribution < -0.4 is 10.2 Å². The van der Waals surface area contributed by atoms with Gasteiger partial charge in [-0.25, -0.2) is 0 Å². The highest BCUT2D eigenvalue weighted by Crippen LogP contribution is 2.37. The van der Waals surface area contributed by atoms with Gasteiger partial charge in [-0.3, -0.25) is 19.2 Å². The van der Waals surface area contributed by atoms with Crippen LogP contribution in [0.4, 0.5) is 5.69 Å². The van der Waals surface area contributed by atoms with Crippen LogP contribution in [0.1, 0.15) is 73.1 Å². The molecule has 0 unspecified atom stereocenters. The van der Waals surface area contributed by atoms with Gasteiger partial charge in [-0.15, -0.1) is 0 Å². The molecule has 0 spiro atoms. The Bertz CT molecular complexity index is 1290. The average Bonchev–Trinajstić information content (AvgIpc) is 3.31. The zero-order chi connectivity index (χ0) is 25.4. The summed E-state index contributed by atoms with van der Waals surface area (Å²) in [5.74, 6) is -0.307. The number of nitrogens with one attached hydrogen (secondary N) is 1. The van der Waals surface area contributed by atoms with E-state index in [0.717, 1.165) is 60.2 Å². The summed E-state index contributed by atoms with van der Waals surface area (Å²) in [5.41, 5.74) is 5.25. The number of fused-ring (bicyclic) bond motifs is 1. The number of benzene rings is 2. The molecule has 1 saturated carbocycles. The molecule has 36 heavy (non-hydrogen) atoms. The molecule has 2 heterocycles. The number of aryl methyl sites for hydroxylation is 2. The van der Waals surface area contributed by atoms with Crippen molar-refractivity contribution in [2.24, 2.45) is 0 Å². The summed E-state index contributed by atoms with van der Waals surface area (Å²) in [6.45, 7) is 8.36. The molecule has 3 aromatic rings. The molecule has 1 fully saturated rings. The van der Waals surface area contributed by atoms with Gasteiger partial charge in [-0.05, 0) is 68.9 Å². The summed E-state index contributed by atoms with van der Waals surface area (Å²) in [6.07, 6.45) is 6.43. The minimum atomic E-state index is -1.10. The first-order chi connectivity index (χ1) is 17.3. The van der Waals surface area contributed by atoms with Gasteiger partial charge in [-0.2, -0.15) is 5.10 Å². The van der Waals surface area contributed by atoms with Crippen molar-refractivity contribution in [3.05, 3.63) is 70.9 Å². The van der Waals surface area contributed by atoms with Crippen LogP contribution >= 0.6 is 0 Å². The minimum absolute atomic E-state index is 0.112. The Morgan fingerprint density at radius 2 is 1.81 bits per heavy atom. The van der Waals surface area contributed by atoms with Crippen molar-refractivity contribution in [2.75, 3.05) is 4.90 Å². The quantitative estimate of drug-likeness (QED) is 0.513. The monoisotopic (exact) mass is 484 g/mol. The highest BCUT2D eigenvalue weighted by Gasteiger charge is 2.49. The van der Waals surface area contributed by atoms with Crippen LogP contribution in [-0.4, -0.2) is 33.2 Å². The van der Waals surface area contributed by atoms with Crippen LogP contribution in [0.25, 0.3) is 11.3 Å². The maximum Gasteiger partial charge on any atom is 0.277 e. The van der Waals surface area contributed by atoms with E-state index in [1.165, 1.54) is 12.0 Å². The first kappa shape index (κ1) is 24.3. The third-order valence-corrected chi connectivity index (χ3v) is 8.06. The topological polar surface area (TPSA) is 67.2 Å². The highest BCUT2D eigenvalue weighted by molar-refractivity contribution is 6.12. The van der Waals surface area contributed by atoms with Crippen LogP contribution in [0.3, 0.4) is 0 Å². The molecule has 0 radical (unpaired) electrons. The normalized spacial score (nSPS) is 20.3. The number of hydrogen-bond donors (Lipinski definition) is 1. The predicted octanol–water partition coefficient (Wildman–Crippen LogP) is 5.60. The molecule has 1 aromatic heterocycles. The first-order valence-electron chi connectivity index (χ1n) is 13.2. The molecule has 6 nitrogen and oxygen atoms in total. The van der Waals surface area contributed by atoms with E-state index in [4.69, 9.17) is 5.10 Å². The maximum atomic E-state index is 14.1. The van der Waals surface area contributed by atoms with Crippen LogP contribution in [0.2, 0.25) is 0 Å². The Labute approximate surface area is 213 Å². The number of anilines is 1. The molecule has 0 bridgehead atoms. The van der Waals surface area contributed by atoms with E-state index >= 15 is 0 Å². The highest BCUT2D eigenvalue weighted by atomic mass is 16.2. The Hall–Kier alpha value is -3.41. The molecule has 5 rings (SSSR count). The third kappa shape index (κ3) is 4.23. The number of aromatic nitrogens is 2. The Balaban J connectivity index is 1.57. The molecular weight excluding hydrogens is 448 g/mol. The molecule has 6 heteroatoms. The maximum absolute atomic E-state index is 14.1. The molecule has 1 N–H and O–H groups in total. The smallest absolute Gasteiger partial charge is 0.277 e. The first-order valence-corrected chi connectivity index (χ1v) is 13.2. The van der Waals surface area contributed by atoms with Crippen molar-refractivity contribution in [1.82, 2.24) is 15.1 Å². The lowest BCUT2D eigenvalue weighted by atomic mass is 9.90. The second-order valence-corrected chi connectivity index (χ2v) is 10.6. The lowest BCUT2D eigenvalue weighted by Gasteiger charge is -2.44. The largest absolute Gasteiger partial charge is 0.351 e. The number of amides is 2. The Morgan fingerprint density at radius 1 is 1.08 bits per heavy atom. The van der Waals surface area contributed by atoms with Crippen LogP contribution in [-0.2, 0) is 17.8 Å². The second kappa shape index (κ2) is 9.57. The van der Waals surface area contributed by atoms with Gasteiger partial charge in [0, 0.05) is 17.3 Å². The molecule has 2 aliphatic rings. The van der Waals surface area contributed by atoms with E-state index in [0.29, 0.717) is 12.2 Å². The van der Waals surface area contributed by atoms with Crippen LogP contribution in [0.15, 0.2) is 48.5 Å². The number of nitrogens with zero attached hydrogens (tertiary/aromatic N) is 3. The molecule has 1 aliphatic heterocycles. The second-order valence-electron chi connectivity index (χ2n) is 10.6. The summed E-state index contributed by atoms with van der Waals surface area (Å²) in [5, 5.41) is 8.10. The van der Waals surface area contributed by atoms with Crippen molar-refractivity contribution < 1.29 is 9.59 Å². The Morgan fingerprint density at radius 3 is 2.50 bits per heavy atom. The van der Waals surface area contributed by atoms with E-state index in [1.807, 2.05) is 45.0 Å². The molecule has 1 atom stereocenters. The molecule has 2 aromatic carbocycles. The van der Waals surface area contributed by atoms with Gasteiger partial charge >= 0.3 is 0 Å². The summed E-state index contributed by atoms with van der Waals surface area (Å²) in [4.78, 5) is 29.8. The van der Waals surface area contributed by atoms with Gasteiger partial charge in [0.25, 0.3) is 5.91 Å². The lowest BCUT2D eigenvalue weighted by Crippen LogP contribution is -2.65. The molecular formula is C30H36N4O2. The van der Waals surface area contributed by atoms with Crippen molar-refractivity contribution in [3.8, 4) is 11.3 Å². The standard InChI is InChI=1S/C30H36N4O2/c1-5-22-14-16-23(17-15-22)25-18-27-28(35)34(26-13-9-10-20(2)21(26)3)30(4,19-33(27)32-25)29(36)31-24-11-7-6-8-12-24/h9-10,13-18,24H,5-8,11-12,19H2,1-4H3,(H,31,36)/t30-/m1/s1. The SMILES string of the molecule is CCc1ccc(-c2cc3n(n2)C[C@](C)(C(=O)NC2CCCCC2)N(c2cccc(C)c2C)C3=O)cc1. The van der Waals surface area contributed by atoms with Gasteiger partial charge in [0.15, 0.2) is 0 Å². The van der Waals surface area contributed by atoms with Crippen molar-refractivity contribution in [1.29, 1.82) is 0 Å². The fourth-order valence-corrected chi connectivity index (χ4v) is 5.58. The predicted molar refractivity (Wildman–Crippen MR) is 143 cm³/mol. The minimum Gasteiger partial charge on any atom is -0.351 e. The fraction of sp³-hybridized carbons (Fsp3) is 0.433. The summed E-state index contributed by atoms with van der Waals surface area (Å²) < 4.78 is 1.73. The summed E-state index contributed by atoms with van der Waals surface area (Å²) >= 11 is 0. The van der Waals surface area contributed by atoms with Gasteiger partial charge in [0.1, 0.15) is 11.2 Å². The van der Waals surface area contributed by atoms with E-state index in [9.17, 15) is 9.59 Å². The zero-order valence-electron chi connectivity index (χ0n) is 21.8. The molecule has 2 amide bonds. The average molecular weight is 485 g/mol. The van der Waals surface area contributed by atoms with Gasteiger partial charge in [0.05, 0.1) is 12.2 Å². The molecule has 1 aliphatic carbocycles. The lowest BCUT2D eigenvalue weighted by molar-refractivity contribution is -0.127. The van der Waals surface area contributed by atoms with Gasteiger partial charge < -0.3 is 5.32 Å². The number of carbonyl (C=O) groups excluding carboxylic acids is 2. The number of carbonyl (C=O) groups is 2. The zero-order valence-corrected chi connectivity index (χ0v) is 21.8. The number of hydrogen-bond acceptors (Lipinski definition) is 3. The van der Waals surface area contributed by atoms with E-state index in [-0.39, 0.29) is 17.9 Å². The third-order valence-electron chi connectivity index (χ3n) is 8.06. The van der Waals surface area contributed by atoms with E-state index in [2.05, 4.69) is 36.5 Å². The number of rotatable bonds is 5. The molecule has 188 valence electrons. The van der Waals surface area contributed by atoms with Gasteiger partial charge in [0.2, 0.25) is 5.91 Å². The van der Waals surface area contributed by atoms with Crippen molar-refractivity contribution in [3.63, 3.8) is 0 Å². The molecule has 0 saturated heterocycles. The van der Waals surface area contributed by atoms with Crippen LogP contribution in [0, 0.1) is 13.8 Å². The van der Waals surface area contributed by atoms with Crippen molar-refractivity contribution in [2.45, 2.75) is 84.3 Å². The van der Waals surface area contributed by atoms with E-state index in [1.54, 1.807) is 9.58 Å². The summed E-state index contributed by atoms with van der Waals surface area (Å²) in [7, 11) is 0. The van der Waals surface area contributed by atoms with Gasteiger partial charge in [-0.1, -0.05) is 62.6 Å².